The zero-order valence-electron chi connectivity index (χ0n) is 16.0. The van der Waals surface area contributed by atoms with Crippen LogP contribution in [0, 0.1) is 0 Å². The quantitative estimate of drug-likeness (QED) is 0.356. The van der Waals surface area contributed by atoms with Gasteiger partial charge in [0.15, 0.2) is 0 Å². The van der Waals surface area contributed by atoms with Crippen LogP contribution in [0.4, 0.5) is 0 Å². The van der Waals surface area contributed by atoms with Crippen molar-refractivity contribution in [1.29, 1.82) is 0 Å². The van der Waals surface area contributed by atoms with E-state index in [1.807, 2.05) is 42.5 Å². The summed E-state index contributed by atoms with van der Waals surface area (Å²) in [6, 6.07) is 26.9. The third-order valence-electron chi connectivity index (χ3n) is 4.44. The number of imidazole rings is 1. The summed E-state index contributed by atoms with van der Waals surface area (Å²) in [5, 5.41) is 0. The molecule has 0 aliphatic carbocycles. The second kappa shape index (κ2) is 8.84. The van der Waals surface area contributed by atoms with E-state index in [1.54, 1.807) is 60.8 Å². The Morgan fingerprint density at radius 1 is 0.733 bits per heavy atom. The summed E-state index contributed by atoms with van der Waals surface area (Å²) in [7, 11) is 0. The van der Waals surface area contributed by atoms with Crippen molar-refractivity contribution in [2.75, 3.05) is 0 Å². The number of nitrogens with zero attached hydrogens (tertiary/aromatic N) is 2. The number of rotatable bonds is 5. The zero-order valence-corrected chi connectivity index (χ0v) is 16.0. The Morgan fingerprint density at radius 3 is 1.87 bits per heavy atom. The first-order valence-corrected chi connectivity index (χ1v) is 9.40. The van der Waals surface area contributed by atoms with Gasteiger partial charge in [0.25, 0.3) is 5.91 Å². The van der Waals surface area contributed by atoms with Gasteiger partial charge in [-0.1, -0.05) is 66.7 Å². The fourth-order valence-electron chi connectivity index (χ4n) is 2.94. The molecule has 30 heavy (non-hydrogen) atoms. The monoisotopic (exact) mass is 394 g/mol. The molecule has 0 aliphatic heterocycles. The lowest BCUT2D eigenvalue weighted by atomic mass is 10.1. The minimum absolute atomic E-state index is 0.221. The van der Waals surface area contributed by atoms with Gasteiger partial charge in [-0.15, -0.1) is 0 Å². The van der Waals surface area contributed by atoms with E-state index in [0.717, 1.165) is 0 Å². The maximum atomic E-state index is 12.9. The van der Waals surface area contributed by atoms with Crippen LogP contribution in [0.25, 0.3) is 11.8 Å². The number of hydrogen-bond donors (Lipinski definition) is 0. The van der Waals surface area contributed by atoms with Crippen LogP contribution in [-0.4, -0.2) is 21.4 Å². The van der Waals surface area contributed by atoms with Gasteiger partial charge in [-0.25, -0.2) is 9.78 Å². The van der Waals surface area contributed by atoms with Crippen LogP contribution in [0.2, 0.25) is 0 Å². The summed E-state index contributed by atoms with van der Waals surface area (Å²) in [6.07, 6.45) is 4.72. The Labute approximate surface area is 173 Å². The highest BCUT2D eigenvalue weighted by atomic mass is 16.5. The van der Waals surface area contributed by atoms with Gasteiger partial charge >= 0.3 is 5.97 Å². The molecule has 0 bridgehead atoms. The van der Waals surface area contributed by atoms with Crippen molar-refractivity contribution in [2.24, 2.45) is 0 Å². The van der Waals surface area contributed by atoms with Crippen molar-refractivity contribution in [3.63, 3.8) is 0 Å². The molecule has 0 saturated heterocycles. The first-order valence-electron chi connectivity index (χ1n) is 9.40. The summed E-state index contributed by atoms with van der Waals surface area (Å²) in [4.78, 5) is 29.8. The van der Waals surface area contributed by atoms with Crippen LogP contribution in [0.5, 0.6) is 0 Å². The van der Waals surface area contributed by atoms with Gasteiger partial charge in [0.2, 0.25) is 0 Å². The highest BCUT2D eigenvalue weighted by Gasteiger charge is 2.16. The molecular formula is C25H18N2O3. The van der Waals surface area contributed by atoms with E-state index in [0.29, 0.717) is 28.3 Å². The highest BCUT2D eigenvalue weighted by Crippen LogP contribution is 2.21. The number of hydrogen-bond acceptors (Lipinski definition) is 4. The maximum absolute atomic E-state index is 12.9. The molecule has 3 aromatic carbocycles. The number of benzene rings is 3. The van der Waals surface area contributed by atoms with Crippen molar-refractivity contribution < 1.29 is 14.3 Å². The average molecular weight is 394 g/mol. The standard InChI is InChI=1S/C25H18N2O3/c28-24(20-12-6-2-7-13-20)27-17-16-26-23(27)18-22(19-10-4-1-5-11-19)30-25(29)21-14-8-3-9-15-21/h1-18H/b22-18+. The van der Waals surface area contributed by atoms with Crippen molar-refractivity contribution in [3.05, 3.63) is 126 Å². The van der Waals surface area contributed by atoms with Gasteiger partial charge in [0.1, 0.15) is 11.6 Å². The fraction of sp³-hybridized carbons (Fsp3) is 0. The van der Waals surface area contributed by atoms with Crippen LogP contribution in [0.3, 0.4) is 0 Å². The van der Waals surface area contributed by atoms with Gasteiger partial charge in [-0.2, -0.15) is 0 Å². The largest absolute Gasteiger partial charge is 0.422 e. The van der Waals surface area contributed by atoms with E-state index in [4.69, 9.17) is 4.74 Å². The Bertz CT molecular complexity index is 1180. The summed E-state index contributed by atoms with van der Waals surface area (Å²) in [5.74, 6) is -0.0410. The molecule has 0 fully saturated rings. The molecule has 0 atom stereocenters. The topological polar surface area (TPSA) is 61.2 Å². The van der Waals surface area contributed by atoms with Crippen molar-refractivity contribution in [1.82, 2.24) is 9.55 Å². The lowest BCUT2D eigenvalue weighted by Gasteiger charge is -2.10. The number of esters is 1. The molecule has 0 amide bonds. The third-order valence-corrected chi connectivity index (χ3v) is 4.44. The minimum Gasteiger partial charge on any atom is -0.422 e. The Hall–Kier alpha value is -4.25. The van der Waals surface area contributed by atoms with Crippen molar-refractivity contribution >= 4 is 23.7 Å². The highest BCUT2D eigenvalue weighted by molar-refractivity contribution is 5.98. The summed E-state index contributed by atoms with van der Waals surface area (Å²) >= 11 is 0. The normalized spacial score (nSPS) is 11.1. The second-order valence-electron chi connectivity index (χ2n) is 6.46. The smallest absolute Gasteiger partial charge is 0.343 e. The summed E-state index contributed by atoms with van der Waals surface area (Å²) < 4.78 is 7.12. The lowest BCUT2D eigenvalue weighted by molar-refractivity contribution is 0.0693. The van der Waals surface area contributed by atoms with Crippen LogP contribution >= 0.6 is 0 Å². The minimum atomic E-state index is -0.488. The van der Waals surface area contributed by atoms with Crippen LogP contribution in [0.15, 0.2) is 103 Å². The van der Waals surface area contributed by atoms with E-state index >= 15 is 0 Å². The van der Waals surface area contributed by atoms with Gasteiger partial charge in [-0.05, 0) is 24.3 Å². The molecule has 0 saturated carbocycles. The predicted molar refractivity (Wildman–Crippen MR) is 115 cm³/mol. The molecular weight excluding hydrogens is 376 g/mol. The molecule has 5 nitrogen and oxygen atoms in total. The Morgan fingerprint density at radius 2 is 1.27 bits per heavy atom. The van der Waals surface area contributed by atoms with Crippen LogP contribution in [0.1, 0.15) is 32.1 Å². The third kappa shape index (κ3) is 4.25. The molecule has 1 heterocycles. The molecule has 146 valence electrons. The van der Waals surface area contributed by atoms with E-state index < -0.39 is 5.97 Å². The number of aromatic nitrogens is 2. The van der Waals surface area contributed by atoms with Crippen molar-refractivity contribution in [2.45, 2.75) is 0 Å². The van der Waals surface area contributed by atoms with E-state index in [2.05, 4.69) is 4.98 Å². The Balaban J connectivity index is 1.71. The predicted octanol–water partition coefficient (Wildman–Crippen LogP) is 4.93. The molecule has 1 aromatic heterocycles. The molecule has 4 rings (SSSR count). The number of carbonyl (C=O) groups excluding carboxylic acids is 2. The summed E-state index contributed by atoms with van der Waals surface area (Å²) in [6.45, 7) is 0. The second-order valence-corrected chi connectivity index (χ2v) is 6.46. The maximum Gasteiger partial charge on any atom is 0.343 e. The molecule has 4 aromatic rings. The molecule has 0 unspecified atom stereocenters. The van der Waals surface area contributed by atoms with Gasteiger partial charge in [0, 0.05) is 29.6 Å². The Kier molecular flexibility index (Phi) is 5.62. The van der Waals surface area contributed by atoms with Gasteiger partial charge in [0.05, 0.1) is 5.56 Å². The lowest BCUT2D eigenvalue weighted by Crippen LogP contribution is -2.13. The SMILES string of the molecule is O=C(O/C(=C/c1nccn1C(=O)c1ccccc1)c1ccccc1)c1ccccc1. The van der Waals surface area contributed by atoms with E-state index in [1.165, 1.54) is 10.8 Å². The molecule has 0 aliphatic rings. The number of carbonyl (C=O) groups is 2. The molecule has 0 N–H and O–H groups in total. The first kappa shape index (κ1) is 19.1. The van der Waals surface area contributed by atoms with Crippen molar-refractivity contribution in [3.8, 4) is 0 Å². The molecule has 5 heteroatoms. The van der Waals surface area contributed by atoms with Crippen LogP contribution < -0.4 is 0 Å². The average Bonchev–Trinajstić information content (AvgIpc) is 3.28. The first-order chi connectivity index (χ1) is 14.7. The molecule has 0 radical (unpaired) electrons. The number of ether oxygens (including phenoxy) is 1. The van der Waals surface area contributed by atoms with E-state index in [-0.39, 0.29) is 5.91 Å². The van der Waals surface area contributed by atoms with E-state index in [9.17, 15) is 9.59 Å². The zero-order chi connectivity index (χ0) is 20.8. The van der Waals surface area contributed by atoms with Crippen LogP contribution in [-0.2, 0) is 4.74 Å². The summed E-state index contributed by atoms with van der Waals surface area (Å²) in [5.41, 5.74) is 1.67. The van der Waals surface area contributed by atoms with Gasteiger partial charge < -0.3 is 4.74 Å². The fourth-order valence-corrected chi connectivity index (χ4v) is 2.94. The molecule has 0 spiro atoms. The van der Waals surface area contributed by atoms with Gasteiger partial charge in [-0.3, -0.25) is 9.36 Å².